The first-order valence-electron chi connectivity index (χ1n) is 7.27. The molecular formula is C16H24N2O. The van der Waals surface area contributed by atoms with Gasteiger partial charge in [-0.25, -0.2) is 0 Å². The Morgan fingerprint density at radius 2 is 1.79 bits per heavy atom. The summed E-state index contributed by atoms with van der Waals surface area (Å²) in [6.45, 7) is 6.64. The number of phenolic OH excluding ortho intramolecular Hbond substituents is 1. The molecule has 0 spiro atoms. The molecule has 104 valence electrons. The van der Waals surface area contributed by atoms with Crippen LogP contribution in [0.15, 0.2) is 29.4 Å². The van der Waals surface area contributed by atoms with Gasteiger partial charge < -0.3 is 5.11 Å². The summed E-state index contributed by atoms with van der Waals surface area (Å²) in [7, 11) is 0. The van der Waals surface area contributed by atoms with Gasteiger partial charge in [0.25, 0.3) is 0 Å². The molecule has 0 amide bonds. The maximum atomic E-state index is 9.37. The van der Waals surface area contributed by atoms with E-state index in [1.807, 2.05) is 12.1 Å². The van der Waals surface area contributed by atoms with E-state index >= 15 is 0 Å². The molecule has 0 aromatic heterocycles. The van der Waals surface area contributed by atoms with Crippen LogP contribution in [0.4, 0.5) is 0 Å². The Bertz CT molecular complexity index is 429. The number of piperidine rings is 1. The minimum atomic E-state index is 0.305. The van der Waals surface area contributed by atoms with Crippen LogP contribution in [0.2, 0.25) is 0 Å². The summed E-state index contributed by atoms with van der Waals surface area (Å²) in [4.78, 5) is 0. The summed E-state index contributed by atoms with van der Waals surface area (Å²) in [5, 5.41) is 16.5. The average Bonchev–Trinajstić information content (AvgIpc) is 2.40. The Kier molecular flexibility index (Phi) is 4.46. The first kappa shape index (κ1) is 13.9. The number of nitrogens with zero attached hydrogens (tertiary/aromatic N) is 2. The van der Waals surface area contributed by atoms with Crippen molar-refractivity contribution in [2.75, 3.05) is 0 Å². The van der Waals surface area contributed by atoms with Crippen molar-refractivity contribution in [3.05, 3.63) is 29.8 Å². The molecule has 0 bridgehead atoms. The Hall–Kier alpha value is -1.51. The molecule has 1 fully saturated rings. The molecule has 2 rings (SSSR count). The highest BCUT2D eigenvalue weighted by molar-refractivity contribution is 6.00. The molecule has 0 aliphatic carbocycles. The predicted molar refractivity (Wildman–Crippen MR) is 79.5 cm³/mol. The molecule has 2 atom stereocenters. The molecule has 1 heterocycles. The van der Waals surface area contributed by atoms with Crippen molar-refractivity contribution in [3.63, 3.8) is 0 Å². The molecule has 1 aromatic carbocycles. The van der Waals surface area contributed by atoms with Crippen molar-refractivity contribution in [1.29, 1.82) is 0 Å². The lowest BCUT2D eigenvalue weighted by atomic mass is 10.00. The molecular weight excluding hydrogens is 236 g/mol. The van der Waals surface area contributed by atoms with Crippen LogP contribution >= 0.6 is 0 Å². The number of aromatic hydroxyl groups is 1. The highest BCUT2D eigenvalue weighted by Gasteiger charge is 2.23. The summed E-state index contributed by atoms with van der Waals surface area (Å²) in [6.07, 6.45) is 4.65. The third kappa shape index (κ3) is 3.28. The van der Waals surface area contributed by atoms with Crippen LogP contribution in [0.1, 0.15) is 52.0 Å². The number of hydrazone groups is 1. The predicted octanol–water partition coefficient (Wildman–Crippen LogP) is 3.77. The number of hydrogen-bond donors (Lipinski definition) is 1. The van der Waals surface area contributed by atoms with Crippen molar-refractivity contribution in [3.8, 4) is 5.75 Å². The number of benzene rings is 1. The second-order valence-electron chi connectivity index (χ2n) is 5.46. The number of rotatable bonds is 3. The maximum Gasteiger partial charge on any atom is 0.115 e. The lowest BCUT2D eigenvalue weighted by Gasteiger charge is -2.37. The van der Waals surface area contributed by atoms with Crippen LogP contribution in [0.5, 0.6) is 5.75 Å². The Morgan fingerprint density at radius 1 is 1.21 bits per heavy atom. The Balaban J connectivity index is 2.24. The van der Waals surface area contributed by atoms with E-state index < -0.39 is 0 Å². The number of phenols is 1. The van der Waals surface area contributed by atoms with E-state index in [2.05, 4.69) is 25.8 Å². The molecule has 3 nitrogen and oxygen atoms in total. The minimum absolute atomic E-state index is 0.305. The molecule has 3 heteroatoms. The molecule has 1 aliphatic heterocycles. The number of hydrogen-bond acceptors (Lipinski definition) is 3. The normalized spacial score (nSPS) is 24.6. The highest BCUT2D eigenvalue weighted by Crippen LogP contribution is 2.24. The summed E-state index contributed by atoms with van der Waals surface area (Å²) < 4.78 is 0. The summed E-state index contributed by atoms with van der Waals surface area (Å²) in [6, 6.07) is 8.37. The van der Waals surface area contributed by atoms with Crippen LogP contribution in [0, 0.1) is 0 Å². The summed E-state index contributed by atoms with van der Waals surface area (Å²) >= 11 is 0. The van der Waals surface area contributed by atoms with Crippen LogP contribution < -0.4 is 0 Å². The van der Waals surface area contributed by atoms with Gasteiger partial charge in [0.2, 0.25) is 0 Å². The van der Waals surface area contributed by atoms with Crippen LogP contribution in [0.25, 0.3) is 0 Å². The summed E-state index contributed by atoms with van der Waals surface area (Å²) in [5.74, 6) is 0.305. The first-order valence-corrected chi connectivity index (χ1v) is 7.27. The summed E-state index contributed by atoms with van der Waals surface area (Å²) in [5.41, 5.74) is 2.20. The van der Waals surface area contributed by atoms with Crippen molar-refractivity contribution in [2.24, 2.45) is 5.10 Å². The Morgan fingerprint density at radius 3 is 2.32 bits per heavy atom. The first-order chi connectivity index (χ1) is 9.11. The zero-order valence-electron chi connectivity index (χ0n) is 12.1. The van der Waals surface area contributed by atoms with Gasteiger partial charge in [-0.3, -0.25) is 5.01 Å². The molecule has 1 N–H and O–H groups in total. The van der Waals surface area contributed by atoms with Gasteiger partial charge in [0.1, 0.15) is 5.75 Å². The topological polar surface area (TPSA) is 35.8 Å². The third-order valence-corrected chi connectivity index (χ3v) is 3.92. The van der Waals surface area contributed by atoms with Crippen molar-refractivity contribution >= 4 is 5.71 Å². The lowest BCUT2D eigenvalue weighted by Crippen LogP contribution is -2.40. The van der Waals surface area contributed by atoms with Crippen molar-refractivity contribution in [2.45, 2.75) is 58.5 Å². The fourth-order valence-corrected chi connectivity index (χ4v) is 2.73. The average molecular weight is 260 g/mol. The van der Waals surface area contributed by atoms with E-state index in [9.17, 15) is 5.11 Å². The van der Waals surface area contributed by atoms with Gasteiger partial charge >= 0.3 is 0 Å². The fourth-order valence-electron chi connectivity index (χ4n) is 2.73. The maximum absolute atomic E-state index is 9.37. The molecule has 2 unspecified atom stereocenters. The van der Waals surface area contributed by atoms with Crippen molar-refractivity contribution < 1.29 is 5.11 Å². The van der Waals surface area contributed by atoms with Gasteiger partial charge in [0.05, 0.1) is 5.71 Å². The molecule has 1 saturated heterocycles. The second-order valence-corrected chi connectivity index (χ2v) is 5.46. The van der Waals surface area contributed by atoms with E-state index in [0.717, 1.165) is 17.7 Å². The fraction of sp³-hybridized carbons (Fsp3) is 0.562. The third-order valence-electron chi connectivity index (χ3n) is 3.92. The monoisotopic (exact) mass is 260 g/mol. The van der Waals surface area contributed by atoms with E-state index in [1.165, 1.54) is 19.3 Å². The van der Waals surface area contributed by atoms with E-state index in [-0.39, 0.29) is 0 Å². The quantitative estimate of drug-likeness (QED) is 0.840. The zero-order valence-corrected chi connectivity index (χ0v) is 12.1. The van der Waals surface area contributed by atoms with Gasteiger partial charge in [-0.1, -0.05) is 6.92 Å². The van der Waals surface area contributed by atoms with Crippen molar-refractivity contribution in [1.82, 2.24) is 5.01 Å². The van der Waals surface area contributed by atoms with Gasteiger partial charge in [0.15, 0.2) is 0 Å². The van der Waals surface area contributed by atoms with E-state index in [1.54, 1.807) is 12.1 Å². The largest absolute Gasteiger partial charge is 0.508 e. The molecule has 0 saturated carbocycles. The van der Waals surface area contributed by atoms with Gasteiger partial charge in [-0.15, -0.1) is 0 Å². The SMILES string of the molecule is CCC(=NN1C(C)CCCC1C)c1ccc(O)cc1. The van der Waals surface area contributed by atoms with Gasteiger partial charge in [-0.2, -0.15) is 5.10 Å². The van der Waals surface area contributed by atoms with E-state index in [4.69, 9.17) is 5.10 Å². The molecule has 1 aliphatic rings. The zero-order chi connectivity index (χ0) is 13.8. The Labute approximate surface area is 115 Å². The van der Waals surface area contributed by atoms with Gasteiger partial charge in [-0.05, 0) is 69.4 Å². The lowest BCUT2D eigenvalue weighted by molar-refractivity contribution is 0.108. The smallest absolute Gasteiger partial charge is 0.115 e. The van der Waals surface area contributed by atoms with Crippen LogP contribution in [-0.2, 0) is 0 Å². The van der Waals surface area contributed by atoms with E-state index in [0.29, 0.717) is 17.8 Å². The molecule has 1 aromatic rings. The van der Waals surface area contributed by atoms with Crippen LogP contribution in [0.3, 0.4) is 0 Å². The molecule has 19 heavy (non-hydrogen) atoms. The van der Waals surface area contributed by atoms with Gasteiger partial charge in [0, 0.05) is 12.1 Å². The molecule has 0 radical (unpaired) electrons. The highest BCUT2D eigenvalue weighted by atomic mass is 16.3. The minimum Gasteiger partial charge on any atom is -0.508 e. The second kappa shape index (κ2) is 6.09. The van der Waals surface area contributed by atoms with Crippen LogP contribution in [-0.4, -0.2) is 27.9 Å². The standard InChI is InChI=1S/C16H24N2O/c1-4-16(14-8-10-15(19)11-9-14)17-18-12(2)6-5-7-13(18)3/h8-13,19H,4-7H2,1-3H3.